The van der Waals surface area contributed by atoms with Crippen LogP contribution in [0.4, 0.5) is 5.69 Å². The average Bonchev–Trinajstić information content (AvgIpc) is 2.83. The number of aromatic nitrogens is 2. The minimum absolute atomic E-state index is 0.111. The topological polar surface area (TPSA) is 61.0 Å². The van der Waals surface area contributed by atoms with Crippen LogP contribution in [-0.2, 0) is 17.8 Å². The molecule has 0 saturated heterocycles. The summed E-state index contributed by atoms with van der Waals surface area (Å²) in [6.45, 7) is 2.73. The number of likely N-dealkylation sites (N-methyl/N-ethyl adjacent to an activating group) is 1. The SMILES string of the molecule is Cc1[nH]ncc1CNc1ccc(CC(=O)N(C)C)cc1. The van der Waals surface area contributed by atoms with E-state index in [9.17, 15) is 4.79 Å². The Hall–Kier alpha value is -2.30. The summed E-state index contributed by atoms with van der Waals surface area (Å²) in [5.74, 6) is 0.111. The van der Waals surface area contributed by atoms with Crippen LogP contribution in [0.1, 0.15) is 16.8 Å². The Morgan fingerprint density at radius 1 is 1.30 bits per heavy atom. The van der Waals surface area contributed by atoms with Crippen molar-refractivity contribution in [3.8, 4) is 0 Å². The highest BCUT2D eigenvalue weighted by Crippen LogP contribution is 2.13. The summed E-state index contributed by atoms with van der Waals surface area (Å²) in [6.07, 6.45) is 2.26. The number of benzene rings is 1. The molecular weight excluding hydrogens is 252 g/mol. The van der Waals surface area contributed by atoms with Crippen molar-refractivity contribution in [1.29, 1.82) is 0 Å². The molecular formula is C15H20N4O. The fourth-order valence-corrected chi connectivity index (χ4v) is 1.82. The molecule has 1 heterocycles. The average molecular weight is 272 g/mol. The highest BCUT2D eigenvalue weighted by atomic mass is 16.2. The quantitative estimate of drug-likeness (QED) is 0.874. The third-order valence-electron chi connectivity index (χ3n) is 3.23. The Morgan fingerprint density at radius 3 is 2.55 bits per heavy atom. The van der Waals surface area contributed by atoms with Crippen LogP contribution in [0.5, 0.6) is 0 Å². The van der Waals surface area contributed by atoms with Crippen LogP contribution >= 0.6 is 0 Å². The molecule has 5 nitrogen and oxygen atoms in total. The van der Waals surface area contributed by atoms with Gasteiger partial charge in [-0.2, -0.15) is 5.10 Å². The second kappa shape index (κ2) is 6.23. The van der Waals surface area contributed by atoms with Crippen molar-refractivity contribution in [2.75, 3.05) is 19.4 Å². The number of aromatic amines is 1. The van der Waals surface area contributed by atoms with E-state index in [1.165, 1.54) is 0 Å². The van der Waals surface area contributed by atoms with E-state index >= 15 is 0 Å². The molecule has 0 aliphatic carbocycles. The predicted molar refractivity (Wildman–Crippen MR) is 79.5 cm³/mol. The van der Waals surface area contributed by atoms with Crippen LogP contribution in [-0.4, -0.2) is 35.1 Å². The van der Waals surface area contributed by atoms with Crippen molar-refractivity contribution in [3.63, 3.8) is 0 Å². The molecule has 2 N–H and O–H groups in total. The first-order valence-corrected chi connectivity index (χ1v) is 6.58. The molecule has 2 rings (SSSR count). The summed E-state index contributed by atoms with van der Waals surface area (Å²) < 4.78 is 0. The van der Waals surface area contributed by atoms with Crippen LogP contribution in [0.15, 0.2) is 30.5 Å². The van der Waals surface area contributed by atoms with Crippen LogP contribution in [0.3, 0.4) is 0 Å². The lowest BCUT2D eigenvalue weighted by molar-refractivity contribution is -0.127. The molecule has 2 aromatic rings. The summed E-state index contributed by atoms with van der Waals surface area (Å²) >= 11 is 0. The van der Waals surface area contributed by atoms with Gasteiger partial charge in [-0.05, 0) is 24.6 Å². The van der Waals surface area contributed by atoms with E-state index in [4.69, 9.17) is 0 Å². The normalized spacial score (nSPS) is 10.3. The largest absolute Gasteiger partial charge is 0.381 e. The van der Waals surface area contributed by atoms with Crippen LogP contribution in [0, 0.1) is 6.92 Å². The molecule has 20 heavy (non-hydrogen) atoms. The number of nitrogens with zero attached hydrogens (tertiary/aromatic N) is 2. The van der Waals surface area contributed by atoms with Gasteiger partial charge in [0.05, 0.1) is 12.6 Å². The Bertz CT molecular complexity index is 572. The summed E-state index contributed by atoms with van der Waals surface area (Å²) in [5, 5.41) is 10.2. The van der Waals surface area contributed by atoms with Gasteiger partial charge < -0.3 is 10.2 Å². The highest BCUT2D eigenvalue weighted by Gasteiger charge is 2.05. The maximum atomic E-state index is 11.6. The summed E-state index contributed by atoms with van der Waals surface area (Å²) in [4.78, 5) is 13.2. The van der Waals surface area contributed by atoms with Gasteiger partial charge in [0, 0.05) is 37.6 Å². The number of amides is 1. The molecule has 0 spiro atoms. The first-order valence-electron chi connectivity index (χ1n) is 6.58. The van der Waals surface area contributed by atoms with Crippen molar-refractivity contribution >= 4 is 11.6 Å². The van der Waals surface area contributed by atoms with E-state index in [1.807, 2.05) is 37.4 Å². The molecule has 0 fully saturated rings. The van der Waals surface area contributed by atoms with E-state index in [0.717, 1.165) is 29.1 Å². The smallest absolute Gasteiger partial charge is 0.226 e. The van der Waals surface area contributed by atoms with Crippen LogP contribution in [0.25, 0.3) is 0 Å². The zero-order valence-electron chi connectivity index (χ0n) is 12.1. The standard InChI is InChI=1S/C15H20N4O/c1-11-13(10-17-18-11)9-16-14-6-4-12(5-7-14)8-15(20)19(2)3/h4-7,10,16H,8-9H2,1-3H3,(H,17,18). The van der Waals surface area contributed by atoms with Gasteiger partial charge in [0.2, 0.25) is 5.91 Å². The van der Waals surface area contributed by atoms with E-state index in [2.05, 4.69) is 15.5 Å². The Morgan fingerprint density at radius 2 is 2.00 bits per heavy atom. The van der Waals surface area contributed by atoms with E-state index in [-0.39, 0.29) is 5.91 Å². The number of aryl methyl sites for hydroxylation is 1. The third kappa shape index (κ3) is 3.60. The molecule has 1 aromatic carbocycles. The first-order chi connectivity index (χ1) is 9.56. The number of H-pyrrole nitrogens is 1. The molecule has 1 aromatic heterocycles. The molecule has 0 radical (unpaired) electrons. The first kappa shape index (κ1) is 14.1. The lowest BCUT2D eigenvalue weighted by Crippen LogP contribution is -2.23. The number of anilines is 1. The van der Waals surface area contributed by atoms with Gasteiger partial charge in [-0.3, -0.25) is 9.89 Å². The van der Waals surface area contributed by atoms with Crippen LogP contribution in [0.2, 0.25) is 0 Å². The molecule has 5 heteroatoms. The van der Waals surface area contributed by atoms with Crippen molar-refractivity contribution in [2.24, 2.45) is 0 Å². The lowest BCUT2D eigenvalue weighted by atomic mass is 10.1. The number of hydrogen-bond acceptors (Lipinski definition) is 3. The number of carbonyl (C=O) groups is 1. The Labute approximate surface area is 119 Å². The fourth-order valence-electron chi connectivity index (χ4n) is 1.82. The number of hydrogen-bond donors (Lipinski definition) is 2. The molecule has 0 saturated carbocycles. The van der Waals surface area contributed by atoms with Gasteiger partial charge in [-0.25, -0.2) is 0 Å². The summed E-state index contributed by atoms with van der Waals surface area (Å²) in [6, 6.07) is 7.94. The van der Waals surface area contributed by atoms with Gasteiger partial charge >= 0.3 is 0 Å². The Balaban J connectivity index is 1.91. The van der Waals surface area contributed by atoms with Crippen molar-refractivity contribution in [3.05, 3.63) is 47.3 Å². The maximum Gasteiger partial charge on any atom is 0.226 e. The van der Waals surface area contributed by atoms with Gasteiger partial charge in [-0.15, -0.1) is 0 Å². The number of rotatable bonds is 5. The van der Waals surface area contributed by atoms with Crippen LogP contribution < -0.4 is 5.32 Å². The second-order valence-electron chi connectivity index (χ2n) is 5.04. The minimum atomic E-state index is 0.111. The number of carbonyl (C=O) groups excluding carboxylic acids is 1. The monoisotopic (exact) mass is 272 g/mol. The van der Waals surface area contributed by atoms with Gasteiger partial charge in [0.1, 0.15) is 0 Å². The van der Waals surface area contributed by atoms with Gasteiger partial charge in [0.15, 0.2) is 0 Å². The lowest BCUT2D eigenvalue weighted by Gasteiger charge is -2.11. The molecule has 0 aliphatic rings. The molecule has 0 atom stereocenters. The van der Waals surface area contributed by atoms with E-state index < -0.39 is 0 Å². The Kier molecular flexibility index (Phi) is 4.40. The van der Waals surface area contributed by atoms with Crippen molar-refractivity contribution in [1.82, 2.24) is 15.1 Å². The zero-order valence-corrected chi connectivity index (χ0v) is 12.1. The molecule has 106 valence electrons. The molecule has 0 bridgehead atoms. The summed E-state index contributed by atoms with van der Waals surface area (Å²) in [7, 11) is 3.54. The van der Waals surface area contributed by atoms with Gasteiger partial charge in [0.25, 0.3) is 0 Å². The van der Waals surface area contributed by atoms with E-state index in [0.29, 0.717) is 6.42 Å². The minimum Gasteiger partial charge on any atom is -0.381 e. The predicted octanol–water partition coefficient (Wildman–Crippen LogP) is 1.96. The number of nitrogens with one attached hydrogen (secondary N) is 2. The summed E-state index contributed by atoms with van der Waals surface area (Å²) in [5.41, 5.74) is 4.28. The molecule has 0 aliphatic heterocycles. The maximum absolute atomic E-state index is 11.6. The fraction of sp³-hybridized carbons (Fsp3) is 0.333. The second-order valence-corrected chi connectivity index (χ2v) is 5.04. The molecule has 1 amide bonds. The van der Waals surface area contributed by atoms with Crippen molar-refractivity contribution < 1.29 is 4.79 Å². The van der Waals surface area contributed by atoms with Gasteiger partial charge in [-0.1, -0.05) is 12.1 Å². The zero-order chi connectivity index (χ0) is 14.5. The highest BCUT2D eigenvalue weighted by molar-refractivity contribution is 5.78. The van der Waals surface area contributed by atoms with E-state index in [1.54, 1.807) is 19.0 Å². The van der Waals surface area contributed by atoms with Crippen molar-refractivity contribution in [2.45, 2.75) is 19.9 Å². The third-order valence-corrected chi connectivity index (χ3v) is 3.23. The molecule has 0 unspecified atom stereocenters.